The summed E-state index contributed by atoms with van der Waals surface area (Å²) < 4.78 is 75.7. The van der Waals surface area contributed by atoms with Gasteiger partial charge in [0.1, 0.15) is 165 Å². The molecule has 1 unspecified atom stereocenters. The van der Waals surface area contributed by atoms with Crippen molar-refractivity contribution in [3.8, 4) is 0 Å². The second-order valence-corrected chi connectivity index (χ2v) is 21.0. The summed E-state index contributed by atoms with van der Waals surface area (Å²) in [6, 6.07) is -3.71. The molecule has 0 spiro atoms. The van der Waals surface area contributed by atoms with Crippen LogP contribution in [0, 0.1) is 0 Å². The predicted molar refractivity (Wildman–Crippen MR) is 254 cm³/mol. The summed E-state index contributed by atoms with van der Waals surface area (Å²) in [7, 11) is 0. The van der Waals surface area contributed by atoms with Gasteiger partial charge in [0.05, 0.1) is 45.7 Å². The third-order valence-corrected chi connectivity index (χ3v) is 15.3. The highest BCUT2D eigenvalue weighted by molar-refractivity contribution is 5.73. The smallest absolute Gasteiger partial charge is 0.217 e. The average molecular weight is 1220 g/mol. The summed E-state index contributed by atoms with van der Waals surface area (Å²) in [5.41, 5.74) is 0. The van der Waals surface area contributed by atoms with Gasteiger partial charge in [0.15, 0.2) is 44.0 Å². The highest BCUT2D eigenvalue weighted by Gasteiger charge is 2.60. The molecule has 7 fully saturated rings. The van der Waals surface area contributed by atoms with E-state index in [-0.39, 0.29) is 0 Å². The fourth-order valence-corrected chi connectivity index (χ4v) is 10.7. The third-order valence-electron chi connectivity index (χ3n) is 15.3. The van der Waals surface area contributed by atoms with Crippen LogP contribution >= 0.6 is 0 Å². The van der Waals surface area contributed by atoms with E-state index in [9.17, 15) is 112 Å². The van der Waals surface area contributed by atoms with Gasteiger partial charge in [0.2, 0.25) is 11.8 Å². The third kappa shape index (κ3) is 14.5. The number of ether oxygens (including phenoxy) is 13. The Labute approximate surface area is 470 Å². The molecular formula is C46H78N2O35. The lowest BCUT2D eigenvalue weighted by Crippen LogP contribution is -2.71. The molecule has 0 aromatic heterocycles. The minimum absolute atomic E-state index is 0.865. The molecular weight excluding hydrogens is 1140 g/mol. The fourth-order valence-electron chi connectivity index (χ4n) is 10.7. The first-order valence-corrected chi connectivity index (χ1v) is 26.5. The van der Waals surface area contributed by atoms with Crippen LogP contribution in [0.3, 0.4) is 0 Å². The molecule has 22 N–H and O–H groups in total. The number of rotatable bonds is 20. The van der Waals surface area contributed by atoms with Crippen molar-refractivity contribution in [3.05, 3.63) is 0 Å². The van der Waals surface area contributed by atoms with Crippen molar-refractivity contribution in [2.75, 3.05) is 39.6 Å². The Morgan fingerprint density at radius 3 is 1.12 bits per heavy atom. The first-order valence-electron chi connectivity index (χ1n) is 26.5. The van der Waals surface area contributed by atoms with Crippen molar-refractivity contribution in [1.29, 1.82) is 0 Å². The summed E-state index contributed by atoms with van der Waals surface area (Å²) >= 11 is 0. The zero-order valence-corrected chi connectivity index (χ0v) is 44.5. The zero-order chi connectivity index (χ0) is 61.2. The van der Waals surface area contributed by atoms with E-state index in [2.05, 4.69) is 10.6 Å². The zero-order valence-electron chi connectivity index (χ0n) is 44.5. The van der Waals surface area contributed by atoms with Gasteiger partial charge in [-0.1, -0.05) is 0 Å². The molecule has 482 valence electrons. The number of aliphatic hydroxyl groups excluding tert-OH is 20. The number of carbonyl (C=O) groups excluding carboxylic acids is 2. The van der Waals surface area contributed by atoms with Gasteiger partial charge >= 0.3 is 0 Å². The van der Waals surface area contributed by atoms with Gasteiger partial charge in [-0.25, -0.2) is 0 Å². The maximum absolute atomic E-state index is 13.2. The van der Waals surface area contributed by atoms with Crippen molar-refractivity contribution in [2.45, 2.75) is 236 Å². The average Bonchev–Trinajstić information content (AvgIpc) is 3.31. The molecule has 37 nitrogen and oxygen atoms in total. The van der Waals surface area contributed by atoms with E-state index < -0.39 is 266 Å². The Morgan fingerprint density at radius 2 is 0.651 bits per heavy atom. The second-order valence-electron chi connectivity index (χ2n) is 21.0. The molecule has 7 aliphatic rings. The maximum Gasteiger partial charge on any atom is 0.217 e. The van der Waals surface area contributed by atoms with Crippen molar-refractivity contribution in [3.63, 3.8) is 0 Å². The van der Waals surface area contributed by atoms with Gasteiger partial charge in [-0.2, -0.15) is 0 Å². The van der Waals surface area contributed by atoms with E-state index in [0.29, 0.717) is 0 Å². The number of hydrogen-bond acceptors (Lipinski definition) is 35. The number of amides is 2. The summed E-state index contributed by atoms with van der Waals surface area (Å²) in [6.45, 7) is -2.93. The summed E-state index contributed by atoms with van der Waals surface area (Å²) in [4.78, 5) is 25.8. The number of hydrogen-bond donors (Lipinski definition) is 22. The van der Waals surface area contributed by atoms with Crippen LogP contribution in [-0.4, -0.2) is 368 Å². The molecule has 2 amide bonds. The highest BCUT2D eigenvalue weighted by Crippen LogP contribution is 2.39. The van der Waals surface area contributed by atoms with E-state index in [0.717, 1.165) is 13.8 Å². The van der Waals surface area contributed by atoms with Crippen LogP contribution in [-0.2, 0) is 71.2 Å². The summed E-state index contributed by atoms with van der Waals surface area (Å²) in [5, 5.41) is 221. The number of carbonyl (C=O) groups is 2. The van der Waals surface area contributed by atoms with E-state index in [1.54, 1.807) is 0 Å². The number of aliphatic hydroxyl groups is 20. The van der Waals surface area contributed by atoms with Crippen LogP contribution in [0.2, 0.25) is 0 Å². The topological polar surface area (TPSA) is 583 Å². The maximum atomic E-state index is 13.2. The number of nitrogens with one attached hydrogen (secondary N) is 2. The SMILES string of the molecule is CC(=O)N[C@H]1[C@H](O[C@H]2[C@@H](O)[C@@H](CO)O[C@@H](O[C@H]3[C@H](O[C@@H]4O[C@@H](C)[C@@H](O)[C@@H](O)[C@@H]4O)[C@@H](NC(C)=O)[C@H](O[C@H]4[C@@H](O)[C@@H](CO)O[C@@H](O[C@H]5[C@H](O)[C@@H](O)C(O)O[C@@H]5CO)[C@@H]4O)O[C@@H]3CO)[C@@H]2O)O[C@H](CO)[C@@H](O[C@@H]2O[C@H](CO)[C@H](O)[C@H](O)[C@H]2O)[C@@H]1O. The van der Waals surface area contributed by atoms with Gasteiger partial charge in [-0.05, 0) is 6.92 Å². The van der Waals surface area contributed by atoms with E-state index in [1.165, 1.54) is 6.92 Å². The molecule has 83 heavy (non-hydrogen) atoms. The minimum atomic E-state index is -2.33. The Morgan fingerprint density at radius 1 is 0.313 bits per heavy atom. The van der Waals surface area contributed by atoms with Crippen LogP contribution in [0.4, 0.5) is 0 Å². The molecule has 35 atom stereocenters. The second kappa shape index (κ2) is 29.3. The molecule has 7 heterocycles. The highest BCUT2D eigenvalue weighted by atomic mass is 16.8. The Bertz CT molecular complexity index is 2040. The molecule has 0 aliphatic carbocycles. The Balaban J connectivity index is 1.20. The molecule has 37 heteroatoms. The monoisotopic (exact) mass is 1220 g/mol. The van der Waals surface area contributed by atoms with Crippen LogP contribution < -0.4 is 10.6 Å². The first kappa shape index (κ1) is 68.1. The molecule has 7 saturated heterocycles. The summed E-state index contributed by atoms with van der Waals surface area (Å²) in [6.07, 6.45) is -64.1. The van der Waals surface area contributed by atoms with E-state index in [4.69, 9.17) is 61.6 Å². The van der Waals surface area contributed by atoms with Crippen LogP contribution in [0.5, 0.6) is 0 Å². The van der Waals surface area contributed by atoms with Gasteiger partial charge in [0.25, 0.3) is 0 Å². The Kier molecular flexibility index (Phi) is 24.0. The van der Waals surface area contributed by atoms with Crippen LogP contribution in [0.1, 0.15) is 20.8 Å². The fraction of sp³-hybridized carbons (Fsp3) is 0.957. The standard InChI is InChI=1S/C46H78N2O35/c1-10-21(57)26(62)30(66)43(71-10)81-37-20(48-12(3)56)42(83-39-24(60)14(5-50)74-45(32(39)68)79-35-16(7-52)72-40(70)29(65)28(35)64)77-18(9-54)36(37)80-46-33(69)38(23(59)15(6-51)75-46)82-41-19(47-11(2)55)25(61)34(17(8-53)76-41)78-44-31(67)27(63)22(58)13(4-49)73-44/h10,13-46,49-54,57-70H,4-9H2,1-3H3,(H,47,55)(H,48,56)/t10-,13+,14+,15+,16+,17+,18+,19+,20+,21+,22-,23-,24-,25+,26+,27-,28+,29+,30-,31+,32+,33+,34+,35+,36+,37+,38-,39-,40?,41-,42-,43-,44-,45-,46-/m0/s1. The molecule has 7 rings (SSSR count). The van der Waals surface area contributed by atoms with E-state index in [1.807, 2.05) is 0 Å². The largest absolute Gasteiger partial charge is 0.394 e. The Hall–Kier alpha value is -2.38. The van der Waals surface area contributed by atoms with E-state index >= 15 is 0 Å². The molecule has 7 aliphatic heterocycles. The quantitative estimate of drug-likeness (QED) is 0.0538. The molecule has 0 bridgehead atoms. The predicted octanol–water partition coefficient (Wildman–Crippen LogP) is -15.0. The van der Waals surface area contributed by atoms with Gasteiger partial charge in [-0.15, -0.1) is 0 Å². The van der Waals surface area contributed by atoms with Crippen molar-refractivity contribution in [2.24, 2.45) is 0 Å². The molecule has 0 saturated carbocycles. The lowest BCUT2D eigenvalue weighted by atomic mass is 9.93. The van der Waals surface area contributed by atoms with Crippen molar-refractivity contribution >= 4 is 11.8 Å². The van der Waals surface area contributed by atoms with Crippen molar-refractivity contribution < 1.29 is 173 Å². The normalized spacial score (nSPS) is 50.8. The molecule has 0 aromatic carbocycles. The van der Waals surface area contributed by atoms with Gasteiger partial charge in [0, 0.05) is 13.8 Å². The van der Waals surface area contributed by atoms with Gasteiger partial charge < -0.3 is 174 Å². The van der Waals surface area contributed by atoms with Gasteiger partial charge in [-0.3, -0.25) is 9.59 Å². The first-order chi connectivity index (χ1) is 39.2. The molecule has 0 aromatic rings. The van der Waals surface area contributed by atoms with Crippen LogP contribution in [0.25, 0.3) is 0 Å². The molecule has 0 radical (unpaired) electrons. The lowest BCUT2D eigenvalue weighted by molar-refractivity contribution is -0.396. The van der Waals surface area contributed by atoms with Crippen LogP contribution in [0.15, 0.2) is 0 Å². The minimum Gasteiger partial charge on any atom is -0.394 e. The summed E-state index contributed by atoms with van der Waals surface area (Å²) in [5.74, 6) is -1.80. The van der Waals surface area contributed by atoms with Crippen molar-refractivity contribution in [1.82, 2.24) is 10.6 Å². The lowest BCUT2D eigenvalue weighted by Gasteiger charge is -2.52.